The smallest absolute Gasteiger partial charge is 0.115 e. The van der Waals surface area contributed by atoms with Crippen LogP contribution in [0.5, 0.6) is 0 Å². The van der Waals surface area contributed by atoms with Gasteiger partial charge >= 0.3 is 0 Å². The number of rotatable bonds is 0. The van der Waals surface area contributed by atoms with Gasteiger partial charge in [0.05, 0.1) is 6.10 Å². The quantitative estimate of drug-likeness (QED) is 0.504. The highest BCUT2D eigenvalue weighted by atomic mass is 16.3. The third kappa shape index (κ3) is 1.74. The Bertz CT molecular complexity index is 177. The van der Waals surface area contributed by atoms with E-state index < -0.39 is 6.10 Å². The molecule has 0 saturated heterocycles. The van der Waals surface area contributed by atoms with Crippen molar-refractivity contribution in [3.05, 3.63) is 36.1 Å². The Labute approximate surface area is 53.4 Å². The highest BCUT2D eigenvalue weighted by Gasteiger charge is 1.94. The van der Waals surface area contributed by atoms with Gasteiger partial charge in [-0.25, -0.2) is 0 Å². The van der Waals surface area contributed by atoms with Gasteiger partial charge in [-0.05, 0) is 18.2 Å². The summed E-state index contributed by atoms with van der Waals surface area (Å²) in [5.41, 5.74) is 0. The molecule has 48 valence electrons. The monoisotopic (exact) mass is 124 g/mol. The van der Waals surface area contributed by atoms with Crippen LogP contribution in [0.1, 0.15) is 0 Å². The van der Waals surface area contributed by atoms with E-state index in [9.17, 15) is 0 Å². The normalized spacial score (nSPS) is 25.4. The van der Waals surface area contributed by atoms with Gasteiger partial charge in [-0.3, -0.25) is 0 Å². The molecule has 2 N–H and O–H groups in total. The Kier molecular flexibility index (Phi) is 1.70. The first-order chi connectivity index (χ1) is 4.29. The van der Waals surface area contributed by atoms with Gasteiger partial charge in [0, 0.05) is 0 Å². The molecule has 0 heterocycles. The lowest BCUT2D eigenvalue weighted by molar-refractivity contribution is 0.271. The molecule has 2 heteroatoms. The van der Waals surface area contributed by atoms with Crippen molar-refractivity contribution in [2.24, 2.45) is 0 Å². The highest BCUT2D eigenvalue weighted by molar-refractivity contribution is 5.24. The fraction of sp³-hybridized carbons (Fsp3) is 0.143. The molecule has 0 saturated carbocycles. The zero-order valence-electron chi connectivity index (χ0n) is 4.86. The SMILES string of the molecule is OC1=CC=CC(O)C=C1. The van der Waals surface area contributed by atoms with Crippen LogP contribution >= 0.6 is 0 Å². The van der Waals surface area contributed by atoms with Gasteiger partial charge in [0.2, 0.25) is 0 Å². The lowest BCUT2D eigenvalue weighted by Gasteiger charge is -1.91. The minimum absolute atomic E-state index is 0.169. The molecule has 0 bridgehead atoms. The van der Waals surface area contributed by atoms with E-state index in [4.69, 9.17) is 10.2 Å². The van der Waals surface area contributed by atoms with Crippen molar-refractivity contribution in [1.29, 1.82) is 0 Å². The Balaban J connectivity index is 2.75. The molecule has 2 nitrogen and oxygen atoms in total. The maximum atomic E-state index is 8.89. The summed E-state index contributed by atoms with van der Waals surface area (Å²) in [6.45, 7) is 0. The van der Waals surface area contributed by atoms with Crippen molar-refractivity contribution in [1.82, 2.24) is 0 Å². The molecule has 0 radical (unpaired) electrons. The van der Waals surface area contributed by atoms with Crippen molar-refractivity contribution in [3.8, 4) is 0 Å². The number of allylic oxidation sites excluding steroid dienone is 3. The molecule has 1 unspecified atom stereocenters. The molecule has 1 aliphatic rings. The van der Waals surface area contributed by atoms with Crippen LogP contribution in [-0.4, -0.2) is 16.3 Å². The van der Waals surface area contributed by atoms with E-state index in [2.05, 4.69) is 0 Å². The third-order valence-electron chi connectivity index (χ3n) is 1.04. The lowest BCUT2D eigenvalue weighted by Crippen LogP contribution is -1.93. The zero-order chi connectivity index (χ0) is 6.69. The molecule has 0 amide bonds. The van der Waals surface area contributed by atoms with Gasteiger partial charge in [-0.1, -0.05) is 12.2 Å². The second-order valence-corrected chi connectivity index (χ2v) is 1.83. The van der Waals surface area contributed by atoms with Gasteiger partial charge in [0.1, 0.15) is 5.76 Å². The minimum Gasteiger partial charge on any atom is -0.508 e. The molecular formula is C7H8O2. The summed E-state index contributed by atoms with van der Waals surface area (Å²) < 4.78 is 0. The molecule has 1 atom stereocenters. The zero-order valence-corrected chi connectivity index (χ0v) is 4.86. The largest absolute Gasteiger partial charge is 0.508 e. The van der Waals surface area contributed by atoms with Crippen LogP contribution in [0.25, 0.3) is 0 Å². The van der Waals surface area contributed by atoms with E-state index in [1.54, 1.807) is 12.2 Å². The molecule has 1 aliphatic carbocycles. The molecule has 0 spiro atoms. The number of aliphatic hydroxyl groups is 2. The minimum atomic E-state index is -0.564. The average molecular weight is 124 g/mol. The van der Waals surface area contributed by atoms with Crippen molar-refractivity contribution < 1.29 is 10.2 Å². The predicted octanol–water partition coefficient (Wildman–Crippen LogP) is 0.915. The highest BCUT2D eigenvalue weighted by Crippen LogP contribution is 2.00. The van der Waals surface area contributed by atoms with Crippen LogP contribution in [0.15, 0.2) is 36.1 Å². The van der Waals surface area contributed by atoms with E-state index in [1.807, 2.05) is 0 Å². The molecule has 9 heavy (non-hydrogen) atoms. The van der Waals surface area contributed by atoms with Crippen molar-refractivity contribution >= 4 is 0 Å². The summed E-state index contributed by atoms with van der Waals surface area (Å²) in [4.78, 5) is 0. The van der Waals surface area contributed by atoms with E-state index >= 15 is 0 Å². The summed E-state index contributed by atoms with van der Waals surface area (Å²) in [5, 5.41) is 17.7. The summed E-state index contributed by atoms with van der Waals surface area (Å²) in [6, 6.07) is 0. The van der Waals surface area contributed by atoms with E-state index in [1.165, 1.54) is 18.2 Å². The molecule has 0 aromatic carbocycles. The Morgan fingerprint density at radius 2 is 2.11 bits per heavy atom. The summed E-state index contributed by atoms with van der Waals surface area (Å²) >= 11 is 0. The van der Waals surface area contributed by atoms with Crippen molar-refractivity contribution in [3.63, 3.8) is 0 Å². The topological polar surface area (TPSA) is 40.5 Å². The second kappa shape index (κ2) is 2.51. The van der Waals surface area contributed by atoms with Gasteiger partial charge < -0.3 is 10.2 Å². The standard InChI is InChI=1S/C7H8O2/c8-6-2-1-3-7(9)5-4-6/h1-6,8-9H. The van der Waals surface area contributed by atoms with Crippen LogP contribution in [0.3, 0.4) is 0 Å². The maximum Gasteiger partial charge on any atom is 0.115 e. The predicted molar refractivity (Wildman–Crippen MR) is 35.0 cm³/mol. The number of hydrogen-bond acceptors (Lipinski definition) is 2. The fourth-order valence-electron chi connectivity index (χ4n) is 0.585. The van der Waals surface area contributed by atoms with Crippen LogP contribution in [0, 0.1) is 0 Å². The number of hydrogen-bond donors (Lipinski definition) is 2. The van der Waals surface area contributed by atoms with Crippen LogP contribution in [-0.2, 0) is 0 Å². The van der Waals surface area contributed by atoms with Crippen LogP contribution in [0.2, 0.25) is 0 Å². The summed E-state index contributed by atoms with van der Waals surface area (Å²) in [5.74, 6) is 0.169. The van der Waals surface area contributed by atoms with Gasteiger partial charge in [-0.15, -0.1) is 0 Å². The first-order valence-corrected chi connectivity index (χ1v) is 2.73. The van der Waals surface area contributed by atoms with E-state index in [-0.39, 0.29) is 5.76 Å². The molecule has 0 fully saturated rings. The molecule has 0 aliphatic heterocycles. The lowest BCUT2D eigenvalue weighted by atomic mass is 10.3. The fourth-order valence-corrected chi connectivity index (χ4v) is 0.585. The Morgan fingerprint density at radius 1 is 1.33 bits per heavy atom. The first-order valence-electron chi connectivity index (χ1n) is 2.73. The van der Waals surface area contributed by atoms with Crippen molar-refractivity contribution in [2.75, 3.05) is 0 Å². The second-order valence-electron chi connectivity index (χ2n) is 1.83. The molecule has 0 aromatic rings. The maximum absolute atomic E-state index is 8.89. The van der Waals surface area contributed by atoms with Gasteiger partial charge in [0.15, 0.2) is 0 Å². The van der Waals surface area contributed by atoms with Gasteiger partial charge in [0.25, 0.3) is 0 Å². The number of aliphatic hydroxyl groups excluding tert-OH is 2. The Morgan fingerprint density at radius 3 is 2.89 bits per heavy atom. The summed E-state index contributed by atoms with van der Waals surface area (Å²) in [6.07, 6.45) is 7.12. The van der Waals surface area contributed by atoms with E-state index in [0.29, 0.717) is 0 Å². The average Bonchev–Trinajstić information content (AvgIpc) is 1.97. The van der Waals surface area contributed by atoms with E-state index in [0.717, 1.165) is 0 Å². The summed E-state index contributed by atoms with van der Waals surface area (Å²) in [7, 11) is 0. The van der Waals surface area contributed by atoms with Crippen LogP contribution in [0.4, 0.5) is 0 Å². The Hall–Kier alpha value is -1.02. The van der Waals surface area contributed by atoms with Gasteiger partial charge in [-0.2, -0.15) is 0 Å². The third-order valence-corrected chi connectivity index (χ3v) is 1.04. The molecule has 0 aromatic heterocycles. The van der Waals surface area contributed by atoms with Crippen molar-refractivity contribution in [2.45, 2.75) is 6.10 Å². The van der Waals surface area contributed by atoms with Crippen LogP contribution < -0.4 is 0 Å². The molecular weight excluding hydrogens is 116 g/mol. The molecule has 1 rings (SSSR count). The first kappa shape index (κ1) is 6.11.